The number of carbonyl (C=O) groups is 1. The van der Waals surface area contributed by atoms with E-state index in [4.69, 9.17) is 4.74 Å². The molecule has 1 heterocycles. The zero-order valence-electron chi connectivity index (χ0n) is 10.9. The monoisotopic (exact) mass is 291 g/mol. The molecule has 0 aliphatic rings. The highest BCUT2D eigenvalue weighted by Gasteiger charge is 2.17. The Labute approximate surface area is 118 Å². The van der Waals surface area contributed by atoms with Gasteiger partial charge in [-0.2, -0.15) is 0 Å². The number of non-ortho nitro benzene ring substituents is 1. The van der Waals surface area contributed by atoms with Crippen molar-refractivity contribution < 1.29 is 18.8 Å². The molecule has 0 spiro atoms. The van der Waals surface area contributed by atoms with Gasteiger partial charge in [0, 0.05) is 18.2 Å². The number of hydrogen-bond acceptors (Lipinski definition) is 5. The summed E-state index contributed by atoms with van der Waals surface area (Å²) in [6.07, 6.45) is 1.33. The van der Waals surface area contributed by atoms with E-state index < -0.39 is 22.2 Å². The number of nitrogens with zero attached hydrogens (tertiary/aromatic N) is 2. The van der Waals surface area contributed by atoms with Crippen molar-refractivity contribution in [3.63, 3.8) is 0 Å². The van der Waals surface area contributed by atoms with Crippen molar-refractivity contribution in [3.05, 3.63) is 58.0 Å². The van der Waals surface area contributed by atoms with Crippen LogP contribution in [-0.2, 0) is 0 Å². The van der Waals surface area contributed by atoms with Gasteiger partial charge in [0.2, 0.25) is 5.88 Å². The Balaban J connectivity index is 2.23. The number of nitro benzene ring substituents is 1. The Bertz CT molecular complexity index is 688. The van der Waals surface area contributed by atoms with Crippen LogP contribution in [0.25, 0.3) is 0 Å². The van der Waals surface area contributed by atoms with Crippen molar-refractivity contribution in [2.75, 3.05) is 12.4 Å². The standard InChI is InChI=1S/C13H10FN3O4/c1-21-12-5-2-8(7-15-12)16-13(18)10-6-9(17(19)20)3-4-11(10)14/h2-7H,1H3,(H,16,18). The van der Waals surface area contributed by atoms with Crippen LogP contribution in [0.2, 0.25) is 0 Å². The van der Waals surface area contributed by atoms with Gasteiger partial charge >= 0.3 is 0 Å². The minimum absolute atomic E-state index is 0.312. The molecule has 0 atom stereocenters. The summed E-state index contributed by atoms with van der Waals surface area (Å²) in [6, 6.07) is 5.76. The quantitative estimate of drug-likeness (QED) is 0.689. The number of pyridine rings is 1. The number of anilines is 1. The predicted molar refractivity (Wildman–Crippen MR) is 71.8 cm³/mol. The molecule has 108 valence electrons. The molecule has 0 bridgehead atoms. The number of aromatic nitrogens is 1. The van der Waals surface area contributed by atoms with E-state index >= 15 is 0 Å². The molecule has 8 heteroatoms. The molecule has 0 unspecified atom stereocenters. The summed E-state index contributed by atoms with van der Waals surface area (Å²) in [5, 5.41) is 13.0. The first-order valence-electron chi connectivity index (χ1n) is 5.76. The van der Waals surface area contributed by atoms with Crippen LogP contribution in [0.3, 0.4) is 0 Å². The van der Waals surface area contributed by atoms with Crippen molar-refractivity contribution >= 4 is 17.3 Å². The second-order valence-electron chi connectivity index (χ2n) is 3.96. The van der Waals surface area contributed by atoms with Crippen molar-refractivity contribution in [3.8, 4) is 5.88 Å². The number of ether oxygens (including phenoxy) is 1. The number of rotatable bonds is 4. The normalized spacial score (nSPS) is 10.0. The first-order valence-corrected chi connectivity index (χ1v) is 5.76. The van der Waals surface area contributed by atoms with E-state index in [0.29, 0.717) is 11.6 Å². The van der Waals surface area contributed by atoms with E-state index in [9.17, 15) is 19.3 Å². The largest absolute Gasteiger partial charge is 0.481 e. The van der Waals surface area contributed by atoms with E-state index in [1.807, 2.05) is 0 Å². The van der Waals surface area contributed by atoms with E-state index in [-0.39, 0.29) is 5.69 Å². The van der Waals surface area contributed by atoms with Gasteiger partial charge in [-0.1, -0.05) is 0 Å². The minimum atomic E-state index is -0.848. The Morgan fingerprint density at radius 1 is 1.38 bits per heavy atom. The molecule has 0 saturated heterocycles. The fourth-order valence-electron chi connectivity index (χ4n) is 1.57. The highest BCUT2D eigenvalue weighted by atomic mass is 19.1. The first kappa shape index (κ1) is 14.4. The molecule has 7 nitrogen and oxygen atoms in total. The molecular weight excluding hydrogens is 281 g/mol. The third-order valence-corrected chi connectivity index (χ3v) is 2.61. The Morgan fingerprint density at radius 3 is 2.71 bits per heavy atom. The van der Waals surface area contributed by atoms with Crippen LogP contribution in [-0.4, -0.2) is 22.9 Å². The summed E-state index contributed by atoms with van der Waals surface area (Å²) in [5.74, 6) is -1.29. The molecule has 2 rings (SSSR count). The average molecular weight is 291 g/mol. The van der Waals surface area contributed by atoms with Crippen LogP contribution >= 0.6 is 0 Å². The third-order valence-electron chi connectivity index (χ3n) is 2.61. The van der Waals surface area contributed by atoms with Gasteiger partial charge in [0.25, 0.3) is 11.6 Å². The van der Waals surface area contributed by atoms with Crippen molar-refractivity contribution in [1.29, 1.82) is 0 Å². The predicted octanol–water partition coefficient (Wildman–Crippen LogP) is 2.39. The van der Waals surface area contributed by atoms with Gasteiger partial charge in [-0.3, -0.25) is 14.9 Å². The smallest absolute Gasteiger partial charge is 0.270 e. The average Bonchev–Trinajstić information content (AvgIpc) is 2.48. The number of carbonyl (C=O) groups excluding carboxylic acids is 1. The zero-order valence-corrected chi connectivity index (χ0v) is 10.9. The zero-order chi connectivity index (χ0) is 15.4. The maximum atomic E-state index is 13.6. The van der Waals surface area contributed by atoms with Crippen LogP contribution < -0.4 is 10.1 Å². The summed E-state index contributed by atoms with van der Waals surface area (Å²) in [4.78, 5) is 25.7. The molecular formula is C13H10FN3O4. The number of halogens is 1. The van der Waals surface area contributed by atoms with Gasteiger partial charge in [0.05, 0.1) is 29.5 Å². The van der Waals surface area contributed by atoms with E-state index in [1.54, 1.807) is 0 Å². The maximum absolute atomic E-state index is 13.6. The van der Waals surface area contributed by atoms with Crippen LogP contribution in [0.4, 0.5) is 15.8 Å². The molecule has 0 radical (unpaired) electrons. The van der Waals surface area contributed by atoms with E-state index in [2.05, 4.69) is 10.3 Å². The van der Waals surface area contributed by atoms with Crippen LogP contribution in [0.15, 0.2) is 36.5 Å². The molecule has 2 aromatic rings. The molecule has 1 amide bonds. The second-order valence-corrected chi connectivity index (χ2v) is 3.96. The number of hydrogen-bond donors (Lipinski definition) is 1. The van der Waals surface area contributed by atoms with Crippen molar-refractivity contribution in [2.45, 2.75) is 0 Å². The van der Waals surface area contributed by atoms with Crippen LogP contribution in [0.5, 0.6) is 5.88 Å². The Morgan fingerprint density at radius 2 is 2.14 bits per heavy atom. The number of nitro groups is 1. The van der Waals surface area contributed by atoms with Crippen LogP contribution in [0.1, 0.15) is 10.4 Å². The summed E-state index contributed by atoms with van der Waals surface area (Å²) in [6.45, 7) is 0. The molecule has 1 aromatic heterocycles. The molecule has 0 saturated carbocycles. The number of amides is 1. The van der Waals surface area contributed by atoms with Gasteiger partial charge < -0.3 is 10.1 Å². The molecule has 0 aliphatic heterocycles. The lowest BCUT2D eigenvalue weighted by Crippen LogP contribution is -2.14. The summed E-state index contributed by atoms with van der Waals surface area (Å²) in [7, 11) is 1.44. The molecule has 0 aliphatic carbocycles. The van der Waals surface area contributed by atoms with Crippen molar-refractivity contribution in [2.24, 2.45) is 0 Å². The van der Waals surface area contributed by atoms with E-state index in [1.165, 1.54) is 25.4 Å². The Kier molecular flexibility index (Phi) is 4.07. The minimum Gasteiger partial charge on any atom is -0.481 e. The number of methoxy groups -OCH3 is 1. The summed E-state index contributed by atoms with van der Waals surface area (Å²) < 4.78 is 18.4. The molecule has 1 aromatic carbocycles. The number of nitrogens with one attached hydrogen (secondary N) is 1. The lowest BCUT2D eigenvalue weighted by atomic mass is 10.1. The topological polar surface area (TPSA) is 94.4 Å². The van der Waals surface area contributed by atoms with Gasteiger partial charge in [-0.05, 0) is 12.1 Å². The molecule has 1 N–H and O–H groups in total. The Hall–Kier alpha value is -3.03. The van der Waals surface area contributed by atoms with Gasteiger partial charge in [-0.15, -0.1) is 0 Å². The van der Waals surface area contributed by atoms with Gasteiger partial charge in [0.15, 0.2) is 0 Å². The van der Waals surface area contributed by atoms with Crippen LogP contribution in [0, 0.1) is 15.9 Å². The highest BCUT2D eigenvalue weighted by Crippen LogP contribution is 2.19. The highest BCUT2D eigenvalue weighted by molar-refractivity contribution is 6.04. The fourth-order valence-corrected chi connectivity index (χ4v) is 1.57. The van der Waals surface area contributed by atoms with Gasteiger partial charge in [0.1, 0.15) is 5.82 Å². The second kappa shape index (κ2) is 5.95. The molecule has 0 fully saturated rings. The van der Waals surface area contributed by atoms with Crippen molar-refractivity contribution in [1.82, 2.24) is 4.98 Å². The van der Waals surface area contributed by atoms with E-state index in [0.717, 1.165) is 18.2 Å². The first-order chi connectivity index (χ1) is 10.0. The SMILES string of the molecule is COc1ccc(NC(=O)c2cc([N+](=O)[O-])ccc2F)cn1. The fraction of sp³-hybridized carbons (Fsp3) is 0.0769. The van der Waals surface area contributed by atoms with Gasteiger partial charge in [-0.25, -0.2) is 9.37 Å². The third kappa shape index (κ3) is 3.30. The number of benzene rings is 1. The summed E-state index contributed by atoms with van der Waals surface area (Å²) in [5.41, 5.74) is -0.471. The maximum Gasteiger partial charge on any atom is 0.270 e. The summed E-state index contributed by atoms with van der Waals surface area (Å²) >= 11 is 0. The lowest BCUT2D eigenvalue weighted by Gasteiger charge is -2.06. The lowest BCUT2D eigenvalue weighted by molar-refractivity contribution is -0.384. The molecule has 21 heavy (non-hydrogen) atoms.